The summed E-state index contributed by atoms with van der Waals surface area (Å²) in [5.41, 5.74) is 1.48. The summed E-state index contributed by atoms with van der Waals surface area (Å²) in [6.07, 6.45) is 0. The monoisotopic (exact) mass is 394 g/mol. The molecule has 2 rings (SSSR count). The molecule has 1 amide bonds. The van der Waals surface area contributed by atoms with Crippen molar-refractivity contribution in [1.82, 2.24) is 9.62 Å². The predicted molar refractivity (Wildman–Crippen MR) is 101 cm³/mol. The zero-order valence-corrected chi connectivity index (χ0v) is 16.5. The first-order valence-electron chi connectivity index (χ1n) is 8.31. The van der Waals surface area contributed by atoms with Crippen molar-refractivity contribution in [3.8, 4) is 5.75 Å². The van der Waals surface area contributed by atoms with Crippen LogP contribution in [-0.2, 0) is 14.8 Å². The number of hydrogen-bond donors (Lipinski definition) is 1. The van der Waals surface area contributed by atoms with Gasteiger partial charge in [-0.1, -0.05) is 18.2 Å². The number of halogens is 1. The maximum absolute atomic E-state index is 13.0. The summed E-state index contributed by atoms with van der Waals surface area (Å²) in [7, 11) is -1.19. The number of amides is 1. The van der Waals surface area contributed by atoms with E-state index in [2.05, 4.69) is 5.32 Å². The van der Waals surface area contributed by atoms with E-state index in [-0.39, 0.29) is 29.0 Å². The Labute approximate surface area is 159 Å². The number of nitrogens with one attached hydrogen (secondary N) is 1. The van der Waals surface area contributed by atoms with Gasteiger partial charge in [0.15, 0.2) is 0 Å². The molecule has 1 unspecified atom stereocenters. The Hall–Kier alpha value is -2.45. The zero-order valence-electron chi connectivity index (χ0n) is 15.7. The Morgan fingerprint density at radius 3 is 2.44 bits per heavy atom. The van der Waals surface area contributed by atoms with Crippen LogP contribution in [-0.4, -0.2) is 39.3 Å². The van der Waals surface area contributed by atoms with Crippen LogP contribution in [0, 0.1) is 12.7 Å². The van der Waals surface area contributed by atoms with Crippen molar-refractivity contribution in [1.29, 1.82) is 0 Å². The smallest absolute Gasteiger partial charge is 0.246 e. The van der Waals surface area contributed by atoms with Crippen LogP contribution in [0.4, 0.5) is 4.39 Å². The van der Waals surface area contributed by atoms with Crippen molar-refractivity contribution in [3.63, 3.8) is 0 Å². The molecule has 0 bridgehead atoms. The van der Waals surface area contributed by atoms with Crippen LogP contribution in [0.2, 0.25) is 0 Å². The second-order valence-electron chi connectivity index (χ2n) is 6.26. The minimum absolute atomic E-state index is 0.00637. The molecule has 1 N–H and O–H groups in total. The Morgan fingerprint density at radius 1 is 1.22 bits per heavy atom. The van der Waals surface area contributed by atoms with E-state index in [4.69, 9.17) is 4.74 Å². The number of nitrogens with zero attached hydrogens (tertiary/aromatic N) is 1. The van der Waals surface area contributed by atoms with Gasteiger partial charge >= 0.3 is 0 Å². The van der Waals surface area contributed by atoms with Crippen LogP contribution < -0.4 is 10.1 Å². The van der Waals surface area contributed by atoms with E-state index in [1.54, 1.807) is 38.1 Å². The van der Waals surface area contributed by atoms with Crippen LogP contribution in [0.3, 0.4) is 0 Å². The van der Waals surface area contributed by atoms with Gasteiger partial charge in [0.1, 0.15) is 16.5 Å². The minimum Gasteiger partial charge on any atom is -0.495 e. The highest BCUT2D eigenvalue weighted by atomic mass is 32.2. The molecule has 0 fully saturated rings. The fraction of sp³-hybridized carbons (Fsp3) is 0.316. The van der Waals surface area contributed by atoms with Gasteiger partial charge in [0.2, 0.25) is 15.9 Å². The van der Waals surface area contributed by atoms with Crippen molar-refractivity contribution in [2.75, 3.05) is 20.7 Å². The third kappa shape index (κ3) is 5.05. The third-order valence-electron chi connectivity index (χ3n) is 4.12. The average molecular weight is 394 g/mol. The number of ether oxygens (including phenoxy) is 1. The Balaban J connectivity index is 2.11. The van der Waals surface area contributed by atoms with E-state index >= 15 is 0 Å². The molecule has 0 spiro atoms. The molecule has 8 heteroatoms. The van der Waals surface area contributed by atoms with E-state index in [1.807, 2.05) is 0 Å². The highest BCUT2D eigenvalue weighted by molar-refractivity contribution is 7.89. The summed E-state index contributed by atoms with van der Waals surface area (Å²) in [4.78, 5) is 12.3. The molecule has 0 aliphatic carbocycles. The Morgan fingerprint density at radius 2 is 1.85 bits per heavy atom. The van der Waals surface area contributed by atoms with Crippen LogP contribution >= 0.6 is 0 Å². The van der Waals surface area contributed by atoms with Gasteiger partial charge in [-0.25, -0.2) is 12.8 Å². The lowest BCUT2D eigenvalue weighted by atomic mass is 10.1. The zero-order chi connectivity index (χ0) is 20.2. The number of carbonyl (C=O) groups is 1. The highest BCUT2D eigenvalue weighted by Crippen LogP contribution is 2.27. The van der Waals surface area contributed by atoms with Crippen LogP contribution in [0.25, 0.3) is 0 Å². The van der Waals surface area contributed by atoms with Gasteiger partial charge in [-0.15, -0.1) is 0 Å². The number of carbonyl (C=O) groups excluding carboxylic acids is 1. The Kier molecular flexibility index (Phi) is 6.56. The molecule has 0 aromatic heterocycles. The SMILES string of the molecule is COc1ccc(C)cc1S(=O)(=O)N(C)CC(=O)NC(C)c1ccc(F)cc1. The van der Waals surface area contributed by atoms with Crippen LogP contribution in [0.1, 0.15) is 24.1 Å². The van der Waals surface area contributed by atoms with Crippen molar-refractivity contribution in [2.45, 2.75) is 24.8 Å². The first-order valence-corrected chi connectivity index (χ1v) is 9.75. The number of sulfonamides is 1. The molecule has 27 heavy (non-hydrogen) atoms. The van der Waals surface area contributed by atoms with E-state index in [1.165, 1.54) is 32.4 Å². The van der Waals surface area contributed by atoms with E-state index < -0.39 is 15.9 Å². The summed E-state index contributed by atoms with van der Waals surface area (Å²) in [5.74, 6) is -0.618. The minimum atomic E-state index is -3.91. The standard InChI is InChI=1S/C19H23FN2O4S/c1-13-5-10-17(26-4)18(11-13)27(24,25)22(3)12-19(23)21-14(2)15-6-8-16(20)9-7-15/h5-11,14H,12H2,1-4H3,(H,21,23). The predicted octanol–water partition coefficient (Wildman–Crippen LogP) is 2.64. The molecule has 0 radical (unpaired) electrons. The number of aryl methyl sites for hydroxylation is 1. The van der Waals surface area contributed by atoms with Gasteiger partial charge in [0, 0.05) is 7.05 Å². The molecule has 0 saturated carbocycles. The molecule has 0 saturated heterocycles. The average Bonchev–Trinajstić information content (AvgIpc) is 2.61. The summed E-state index contributed by atoms with van der Waals surface area (Å²) >= 11 is 0. The topological polar surface area (TPSA) is 75.7 Å². The lowest BCUT2D eigenvalue weighted by molar-refractivity contribution is -0.121. The lowest BCUT2D eigenvalue weighted by Crippen LogP contribution is -2.39. The van der Waals surface area contributed by atoms with Gasteiger partial charge in [-0.2, -0.15) is 4.31 Å². The number of likely N-dealkylation sites (N-methyl/N-ethyl adjacent to an activating group) is 1. The number of rotatable bonds is 7. The lowest BCUT2D eigenvalue weighted by Gasteiger charge is -2.20. The van der Waals surface area contributed by atoms with Crippen LogP contribution in [0.5, 0.6) is 5.75 Å². The number of hydrogen-bond acceptors (Lipinski definition) is 4. The second kappa shape index (κ2) is 8.49. The summed E-state index contributed by atoms with van der Waals surface area (Å²) in [6.45, 7) is 3.16. The molecule has 6 nitrogen and oxygen atoms in total. The molecule has 0 aliphatic rings. The number of benzene rings is 2. The molecule has 2 aromatic carbocycles. The first-order chi connectivity index (χ1) is 12.6. The normalized spacial score (nSPS) is 12.7. The van der Waals surface area contributed by atoms with E-state index in [9.17, 15) is 17.6 Å². The van der Waals surface area contributed by atoms with Crippen LogP contribution in [0.15, 0.2) is 47.4 Å². The quantitative estimate of drug-likeness (QED) is 0.783. The molecular weight excluding hydrogens is 371 g/mol. The molecule has 0 aliphatic heterocycles. The molecule has 2 aromatic rings. The summed E-state index contributed by atoms with van der Waals surface area (Å²) in [6, 6.07) is 10.2. The van der Waals surface area contributed by atoms with E-state index in [0.717, 1.165) is 15.4 Å². The van der Waals surface area contributed by atoms with Gasteiger partial charge in [0.05, 0.1) is 19.7 Å². The summed E-state index contributed by atoms with van der Waals surface area (Å²) < 4.78 is 44.7. The molecular formula is C19H23FN2O4S. The fourth-order valence-electron chi connectivity index (χ4n) is 2.56. The first kappa shape index (κ1) is 20.9. The van der Waals surface area contributed by atoms with Gasteiger partial charge in [-0.3, -0.25) is 4.79 Å². The third-order valence-corrected chi connectivity index (χ3v) is 5.95. The fourth-order valence-corrected chi connectivity index (χ4v) is 3.93. The van der Waals surface area contributed by atoms with E-state index in [0.29, 0.717) is 0 Å². The highest BCUT2D eigenvalue weighted by Gasteiger charge is 2.27. The van der Waals surface area contributed by atoms with Crippen molar-refractivity contribution < 1.29 is 22.3 Å². The largest absolute Gasteiger partial charge is 0.495 e. The number of methoxy groups -OCH3 is 1. The van der Waals surface area contributed by atoms with Crippen molar-refractivity contribution in [3.05, 3.63) is 59.4 Å². The van der Waals surface area contributed by atoms with Crippen molar-refractivity contribution in [2.24, 2.45) is 0 Å². The maximum Gasteiger partial charge on any atom is 0.246 e. The molecule has 0 heterocycles. The maximum atomic E-state index is 13.0. The van der Waals surface area contributed by atoms with Gasteiger partial charge in [0.25, 0.3) is 0 Å². The molecule has 1 atom stereocenters. The second-order valence-corrected chi connectivity index (χ2v) is 8.27. The Bertz CT molecular complexity index is 914. The van der Waals surface area contributed by atoms with Gasteiger partial charge in [-0.05, 0) is 49.2 Å². The summed E-state index contributed by atoms with van der Waals surface area (Å²) in [5, 5.41) is 2.71. The molecule has 146 valence electrons. The van der Waals surface area contributed by atoms with Gasteiger partial charge < -0.3 is 10.1 Å². The van der Waals surface area contributed by atoms with Crippen molar-refractivity contribution >= 4 is 15.9 Å².